The van der Waals surface area contributed by atoms with E-state index in [1.165, 1.54) is 6.26 Å². The molecule has 0 saturated carbocycles. The summed E-state index contributed by atoms with van der Waals surface area (Å²) in [4.78, 5) is 39.5. The van der Waals surface area contributed by atoms with Crippen LogP contribution in [0.15, 0.2) is 41.0 Å². The molecule has 4 rings (SSSR count). The average Bonchev–Trinajstić information content (AvgIpc) is 3.14. The summed E-state index contributed by atoms with van der Waals surface area (Å²) >= 11 is 0. The minimum absolute atomic E-state index is 0.0509. The lowest BCUT2D eigenvalue weighted by atomic mass is 9.93. The number of para-hydroxylation sites is 1. The summed E-state index contributed by atoms with van der Waals surface area (Å²) in [6, 6.07) is 8.78. The molecule has 0 spiro atoms. The van der Waals surface area contributed by atoms with Crippen LogP contribution >= 0.6 is 0 Å². The van der Waals surface area contributed by atoms with Crippen LogP contribution in [0.5, 0.6) is 0 Å². The average molecular weight is 382 g/mol. The Kier molecular flexibility index (Phi) is 5.25. The van der Waals surface area contributed by atoms with Crippen LogP contribution in [0.1, 0.15) is 45.7 Å². The summed E-state index contributed by atoms with van der Waals surface area (Å²) in [6.45, 7) is 1.05. The summed E-state index contributed by atoms with van der Waals surface area (Å²) in [5, 5.41) is 2.84. The van der Waals surface area contributed by atoms with Gasteiger partial charge in [-0.05, 0) is 18.6 Å². The van der Waals surface area contributed by atoms with Gasteiger partial charge in [0.05, 0.1) is 30.4 Å². The highest BCUT2D eigenvalue weighted by atomic mass is 16.5. The van der Waals surface area contributed by atoms with Crippen molar-refractivity contribution in [1.29, 1.82) is 0 Å². The Balaban J connectivity index is 1.49. The first kappa shape index (κ1) is 18.4. The SMILES string of the molecule is O=C(C[C@@H]1COCCN1C(=O)c1coc2c1C(=O)CCC2)Nc1ccccc1. The Morgan fingerprint density at radius 2 is 2.00 bits per heavy atom. The van der Waals surface area contributed by atoms with Crippen LogP contribution in [0.4, 0.5) is 5.69 Å². The molecule has 1 aromatic heterocycles. The van der Waals surface area contributed by atoms with Crippen molar-refractivity contribution in [2.75, 3.05) is 25.1 Å². The van der Waals surface area contributed by atoms with Crippen LogP contribution in [0, 0.1) is 0 Å². The van der Waals surface area contributed by atoms with Crippen molar-refractivity contribution in [1.82, 2.24) is 4.90 Å². The Bertz CT molecular complexity index is 889. The maximum atomic E-state index is 13.2. The minimum Gasteiger partial charge on any atom is -0.468 e. The number of nitrogens with one attached hydrogen (secondary N) is 1. The minimum atomic E-state index is -0.394. The van der Waals surface area contributed by atoms with E-state index in [2.05, 4.69) is 5.32 Å². The Labute approximate surface area is 162 Å². The zero-order valence-electron chi connectivity index (χ0n) is 15.5. The van der Waals surface area contributed by atoms with Crippen molar-refractivity contribution in [2.24, 2.45) is 0 Å². The van der Waals surface area contributed by atoms with E-state index in [9.17, 15) is 14.4 Å². The standard InChI is InChI=1S/C21H22N2O5/c24-17-7-4-8-18-20(17)16(13-28-18)21(26)23-9-10-27-12-15(23)11-19(25)22-14-5-2-1-3-6-14/h1-3,5-6,13,15H,4,7-12H2,(H,22,25)/t15-/m1/s1. The van der Waals surface area contributed by atoms with Crippen molar-refractivity contribution in [3.63, 3.8) is 0 Å². The Morgan fingerprint density at radius 3 is 2.82 bits per heavy atom. The maximum Gasteiger partial charge on any atom is 0.258 e. The molecule has 1 aromatic carbocycles. The smallest absolute Gasteiger partial charge is 0.258 e. The van der Waals surface area contributed by atoms with Crippen LogP contribution < -0.4 is 5.32 Å². The van der Waals surface area contributed by atoms with Gasteiger partial charge in [-0.3, -0.25) is 14.4 Å². The highest BCUT2D eigenvalue weighted by Gasteiger charge is 2.35. The number of amides is 2. The number of morpholine rings is 1. The number of fused-ring (bicyclic) bond motifs is 1. The number of anilines is 1. The molecule has 0 bridgehead atoms. The molecule has 1 atom stereocenters. The quantitative estimate of drug-likeness (QED) is 0.878. The summed E-state index contributed by atoms with van der Waals surface area (Å²) < 4.78 is 11.0. The zero-order chi connectivity index (χ0) is 19.5. The van der Waals surface area contributed by atoms with Crippen LogP contribution in [-0.2, 0) is 16.0 Å². The van der Waals surface area contributed by atoms with Gasteiger partial charge in [-0.2, -0.15) is 0 Å². The number of Topliss-reactive ketones (excluding diaryl/α,β-unsaturated/α-hetero) is 1. The van der Waals surface area contributed by atoms with Gasteiger partial charge in [-0.25, -0.2) is 0 Å². The number of ketones is 1. The lowest BCUT2D eigenvalue weighted by molar-refractivity contribution is -0.118. The molecule has 1 N–H and O–H groups in total. The molecule has 2 aliphatic rings. The van der Waals surface area contributed by atoms with E-state index in [0.29, 0.717) is 48.6 Å². The van der Waals surface area contributed by atoms with Gasteiger partial charge >= 0.3 is 0 Å². The highest BCUT2D eigenvalue weighted by molar-refractivity contribution is 6.09. The van der Waals surface area contributed by atoms with Gasteiger partial charge < -0.3 is 19.4 Å². The molecule has 1 aliphatic carbocycles. The van der Waals surface area contributed by atoms with Gasteiger partial charge in [0, 0.05) is 31.5 Å². The number of hydrogen-bond acceptors (Lipinski definition) is 5. The number of furan rings is 1. The number of aryl methyl sites for hydroxylation is 1. The third kappa shape index (κ3) is 3.71. The molecular formula is C21H22N2O5. The summed E-state index contributed by atoms with van der Waals surface area (Å²) in [5.41, 5.74) is 1.42. The van der Waals surface area contributed by atoms with Gasteiger partial charge in [0.1, 0.15) is 12.0 Å². The molecule has 28 heavy (non-hydrogen) atoms. The molecule has 7 heteroatoms. The second kappa shape index (κ2) is 7.98. The van der Waals surface area contributed by atoms with Gasteiger partial charge in [0.25, 0.3) is 5.91 Å². The predicted octanol–water partition coefficient (Wildman–Crippen LogP) is 2.67. The second-order valence-corrected chi connectivity index (χ2v) is 7.07. The number of benzene rings is 1. The highest BCUT2D eigenvalue weighted by Crippen LogP contribution is 2.28. The third-order valence-electron chi connectivity index (χ3n) is 5.15. The first-order chi connectivity index (χ1) is 13.6. The van der Waals surface area contributed by atoms with E-state index in [4.69, 9.17) is 9.15 Å². The van der Waals surface area contributed by atoms with Crippen molar-refractivity contribution in [2.45, 2.75) is 31.7 Å². The maximum absolute atomic E-state index is 13.2. The van der Waals surface area contributed by atoms with Crippen LogP contribution in [0.25, 0.3) is 0 Å². The number of hydrogen-bond donors (Lipinski definition) is 1. The number of nitrogens with zero attached hydrogens (tertiary/aromatic N) is 1. The van der Waals surface area contributed by atoms with Gasteiger partial charge in [-0.1, -0.05) is 18.2 Å². The number of carbonyl (C=O) groups is 3. The van der Waals surface area contributed by atoms with Crippen molar-refractivity contribution in [3.8, 4) is 0 Å². The largest absolute Gasteiger partial charge is 0.468 e. The molecule has 2 amide bonds. The molecule has 0 unspecified atom stereocenters. The Morgan fingerprint density at radius 1 is 1.18 bits per heavy atom. The number of carbonyl (C=O) groups excluding carboxylic acids is 3. The van der Waals surface area contributed by atoms with Crippen molar-refractivity contribution in [3.05, 3.63) is 53.5 Å². The molecular weight excluding hydrogens is 360 g/mol. The van der Waals surface area contributed by atoms with E-state index >= 15 is 0 Å². The van der Waals surface area contributed by atoms with E-state index < -0.39 is 6.04 Å². The fraction of sp³-hybridized carbons (Fsp3) is 0.381. The van der Waals surface area contributed by atoms with E-state index in [1.807, 2.05) is 30.3 Å². The summed E-state index contributed by atoms with van der Waals surface area (Å²) in [6.07, 6.45) is 3.34. The van der Waals surface area contributed by atoms with Crippen LogP contribution in [-0.4, -0.2) is 48.3 Å². The second-order valence-electron chi connectivity index (χ2n) is 7.07. The molecule has 146 valence electrons. The lowest BCUT2D eigenvalue weighted by Gasteiger charge is -2.35. The molecule has 0 radical (unpaired) electrons. The summed E-state index contributed by atoms with van der Waals surface area (Å²) in [5.74, 6) is 0.0714. The molecule has 1 aliphatic heterocycles. The summed E-state index contributed by atoms with van der Waals surface area (Å²) in [7, 11) is 0. The monoisotopic (exact) mass is 382 g/mol. The predicted molar refractivity (Wildman–Crippen MR) is 101 cm³/mol. The molecule has 2 aromatic rings. The van der Waals surface area contributed by atoms with Gasteiger partial charge in [0.15, 0.2) is 5.78 Å². The topological polar surface area (TPSA) is 88.8 Å². The fourth-order valence-corrected chi connectivity index (χ4v) is 3.77. The normalized spacial score (nSPS) is 19.2. The van der Waals surface area contributed by atoms with E-state index in [0.717, 1.165) is 6.42 Å². The molecule has 7 nitrogen and oxygen atoms in total. The lowest BCUT2D eigenvalue weighted by Crippen LogP contribution is -2.50. The molecule has 1 fully saturated rings. The molecule has 1 saturated heterocycles. The first-order valence-electron chi connectivity index (χ1n) is 9.50. The third-order valence-corrected chi connectivity index (χ3v) is 5.15. The molecule has 2 heterocycles. The van der Waals surface area contributed by atoms with Crippen molar-refractivity contribution >= 4 is 23.3 Å². The first-order valence-corrected chi connectivity index (χ1v) is 9.50. The number of rotatable bonds is 4. The van der Waals surface area contributed by atoms with Crippen molar-refractivity contribution < 1.29 is 23.5 Å². The van der Waals surface area contributed by atoms with E-state index in [-0.39, 0.29) is 30.6 Å². The van der Waals surface area contributed by atoms with Gasteiger partial charge in [0.2, 0.25) is 5.91 Å². The van der Waals surface area contributed by atoms with Crippen LogP contribution in [0.2, 0.25) is 0 Å². The zero-order valence-corrected chi connectivity index (χ0v) is 15.5. The van der Waals surface area contributed by atoms with E-state index in [1.54, 1.807) is 4.90 Å². The fourth-order valence-electron chi connectivity index (χ4n) is 3.77. The van der Waals surface area contributed by atoms with Gasteiger partial charge in [-0.15, -0.1) is 0 Å². The Hall–Kier alpha value is -2.93. The van der Waals surface area contributed by atoms with Crippen LogP contribution in [0.3, 0.4) is 0 Å². The number of ether oxygens (including phenoxy) is 1.